The summed E-state index contributed by atoms with van der Waals surface area (Å²) in [6.45, 7) is 2.30. The summed E-state index contributed by atoms with van der Waals surface area (Å²) >= 11 is 0. The van der Waals surface area contributed by atoms with Gasteiger partial charge in [0.05, 0.1) is 30.4 Å². The molecule has 1 atom stereocenters. The van der Waals surface area contributed by atoms with Crippen molar-refractivity contribution in [3.63, 3.8) is 0 Å². The molecule has 134 valence electrons. The van der Waals surface area contributed by atoms with Gasteiger partial charge in [-0.2, -0.15) is 0 Å². The third-order valence-electron chi connectivity index (χ3n) is 5.10. The molecule has 2 fully saturated rings. The third-order valence-corrected chi connectivity index (χ3v) is 6.40. The average Bonchev–Trinajstić information content (AvgIpc) is 3.04. The van der Waals surface area contributed by atoms with Crippen LogP contribution in [-0.4, -0.2) is 73.6 Å². The Morgan fingerprint density at radius 1 is 1.12 bits per heavy atom. The lowest BCUT2D eigenvalue weighted by atomic mass is 10.0. The highest BCUT2D eigenvalue weighted by atomic mass is 32.2. The molecule has 7 nitrogen and oxygen atoms in total. The van der Waals surface area contributed by atoms with Crippen LogP contribution in [0.1, 0.15) is 37.4 Å². The summed E-state index contributed by atoms with van der Waals surface area (Å²) in [5.41, 5.74) is 1.03. The molecule has 0 saturated carbocycles. The minimum Gasteiger partial charge on any atom is -0.361 e. The number of nitrogens with zero attached hydrogens (tertiary/aromatic N) is 5. The fourth-order valence-corrected chi connectivity index (χ4v) is 4.67. The molecular weight excluding hydrogens is 326 g/mol. The summed E-state index contributed by atoms with van der Waals surface area (Å²) in [6, 6.07) is 0.729. The van der Waals surface area contributed by atoms with Crippen LogP contribution in [0.2, 0.25) is 0 Å². The van der Waals surface area contributed by atoms with Gasteiger partial charge in [0.2, 0.25) is 10.0 Å². The minimum absolute atomic E-state index is 0.298. The van der Waals surface area contributed by atoms with Crippen molar-refractivity contribution in [2.75, 3.05) is 44.9 Å². The van der Waals surface area contributed by atoms with Crippen molar-refractivity contribution in [3.8, 4) is 0 Å². The van der Waals surface area contributed by atoms with E-state index < -0.39 is 10.0 Å². The smallest absolute Gasteiger partial charge is 0.211 e. The normalized spacial score (nSPS) is 24.4. The Morgan fingerprint density at radius 2 is 1.83 bits per heavy atom. The van der Waals surface area contributed by atoms with Crippen molar-refractivity contribution in [2.24, 2.45) is 0 Å². The van der Waals surface area contributed by atoms with Gasteiger partial charge >= 0.3 is 0 Å². The topological polar surface area (TPSA) is 69.6 Å². The highest BCUT2D eigenvalue weighted by molar-refractivity contribution is 7.88. The molecule has 0 bridgehead atoms. The fourth-order valence-electron chi connectivity index (χ4n) is 3.80. The number of hydrogen-bond acceptors (Lipinski definition) is 6. The van der Waals surface area contributed by atoms with Crippen molar-refractivity contribution in [2.45, 2.75) is 37.8 Å². The third kappa shape index (κ3) is 3.70. The number of rotatable bonds is 4. The van der Waals surface area contributed by atoms with Gasteiger partial charge in [0, 0.05) is 33.2 Å². The Bertz CT molecular complexity index is 671. The largest absolute Gasteiger partial charge is 0.361 e. The van der Waals surface area contributed by atoms with Crippen LogP contribution in [0, 0.1) is 0 Å². The van der Waals surface area contributed by atoms with Crippen LogP contribution in [0.25, 0.3) is 0 Å². The maximum Gasteiger partial charge on any atom is 0.211 e. The van der Waals surface area contributed by atoms with Gasteiger partial charge < -0.3 is 4.90 Å². The Labute approximate surface area is 144 Å². The minimum atomic E-state index is -3.07. The van der Waals surface area contributed by atoms with Crippen molar-refractivity contribution >= 4 is 15.8 Å². The Hall–Kier alpha value is -1.25. The van der Waals surface area contributed by atoms with Crippen molar-refractivity contribution in [1.29, 1.82) is 0 Å². The first kappa shape index (κ1) is 17.6. The molecule has 3 rings (SSSR count). The highest BCUT2D eigenvalue weighted by Gasteiger charge is 2.36. The maximum atomic E-state index is 11.7. The van der Waals surface area contributed by atoms with Gasteiger partial charge in [-0.15, -0.1) is 0 Å². The zero-order valence-electron chi connectivity index (χ0n) is 14.7. The molecule has 0 unspecified atom stereocenters. The van der Waals surface area contributed by atoms with Crippen LogP contribution in [-0.2, 0) is 10.0 Å². The number of aromatic nitrogens is 2. The fraction of sp³-hybridized carbons (Fsp3) is 0.750. The molecule has 8 heteroatoms. The number of anilines is 1. The van der Waals surface area contributed by atoms with E-state index in [0.29, 0.717) is 25.2 Å². The summed E-state index contributed by atoms with van der Waals surface area (Å²) in [4.78, 5) is 13.6. The molecular formula is C16H27N5O2S. The first-order valence-electron chi connectivity index (χ1n) is 8.56. The van der Waals surface area contributed by atoms with E-state index in [1.807, 2.05) is 25.2 Å². The Balaban J connectivity index is 1.71. The molecule has 24 heavy (non-hydrogen) atoms. The highest BCUT2D eigenvalue weighted by Crippen LogP contribution is 2.35. The molecule has 2 saturated heterocycles. The van der Waals surface area contributed by atoms with E-state index >= 15 is 0 Å². The average molecular weight is 353 g/mol. The van der Waals surface area contributed by atoms with E-state index in [1.54, 1.807) is 10.5 Å². The second-order valence-electron chi connectivity index (χ2n) is 6.99. The molecule has 0 aromatic carbocycles. The summed E-state index contributed by atoms with van der Waals surface area (Å²) in [6.07, 6.45) is 9.00. The summed E-state index contributed by atoms with van der Waals surface area (Å²) < 4.78 is 25.0. The number of piperidine rings is 1. The zero-order valence-corrected chi connectivity index (χ0v) is 15.5. The van der Waals surface area contributed by atoms with E-state index in [1.165, 1.54) is 6.26 Å². The lowest BCUT2D eigenvalue weighted by Gasteiger charge is -2.38. The van der Waals surface area contributed by atoms with Gasteiger partial charge in [0.25, 0.3) is 0 Å². The van der Waals surface area contributed by atoms with Gasteiger partial charge in [0.15, 0.2) is 0 Å². The summed E-state index contributed by atoms with van der Waals surface area (Å²) in [5.74, 6) is 0.881. The number of hydrogen-bond donors (Lipinski definition) is 0. The zero-order chi connectivity index (χ0) is 17.3. The van der Waals surface area contributed by atoms with E-state index in [4.69, 9.17) is 4.98 Å². The van der Waals surface area contributed by atoms with Crippen LogP contribution in [0.15, 0.2) is 12.4 Å². The monoisotopic (exact) mass is 353 g/mol. The molecule has 2 aliphatic heterocycles. The van der Waals surface area contributed by atoms with E-state index in [2.05, 4.69) is 9.88 Å². The first-order chi connectivity index (χ1) is 11.4. The van der Waals surface area contributed by atoms with E-state index in [9.17, 15) is 8.42 Å². The molecule has 0 N–H and O–H groups in total. The lowest BCUT2D eigenvalue weighted by molar-refractivity contribution is 0.125. The Kier molecular flexibility index (Phi) is 5.08. The van der Waals surface area contributed by atoms with Crippen LogP contribution in [0.5, 0.6) is 0 Å². The standard InChI is InChI=1S/C16H27N5O2S/c1-19(2)16-12-17-11-14(18-16)15-5-4-8-21(15)13-6-9-20(10-7-13)24(3,22)23/h11-13,15H,4-10H2,1-3H3/t15-/m1/s1. The maximum absolute atomic E-state index is 11.7. The second kappa shape index (κ2) is 6.93. The van der Waals surface area contributed by atoms with E-state index in [-0.39, 0.29) is 0 Å². The van der Waals surface area contributed by atoms with Crippen LogP contribution < -0.4 is 4.90 Å². The first-order valence-corrected chi connectivity index (χ1v) is 10.4. The lowest BCUT2D eigenvalue weighted by Crippen LogP contribution is -2.46. The van der Waals surface area contributed by atoms with Crippen LogP contribution in [0.3, 0.4) is 0 Å². The molecule has 0 radical (unpaired) electrons. The molecule has 0 spiro atoms. The quantitative estimate of drug-likeness (QED) is 0.807. The van der Waals surface area contributed by atoms with Crippen LogP contribution in [0.4, 0.5) is 5.82 Å². The van der Waals surface area contributed by atoms with Gasteiger partial charge in [-0.25, -0.2) is 17.7 Å². The van der Waals surface area contributed by atoms with Crippen molar-refractivity contribution in [1.82, 2.24) is 19.2 Å². The summed E-state index contributed by atoms with van der Waals surface area (Å²) in [5, 5.41) is 0. The van der Waals surface area contributed by atoms with E-state index in [0.717, 1.165) is 43.7 Å². The number of likely N-dealkylation sites (tertiary alicyclic amines) is 1. The second-order valence-corrected chi connectivity index (χ2v) is 8.97. The Morgan fingerprint density at radius 3 is 2.46 bits per heavy atom. The molecule has 2 aliphatic rings. The number of sulfonamides is 1. The molecule has 0 aliphatic carbocycles. The summed E-state index contributed by atoms with van der Waals surface area (Å²) in [7, 11) is 0.880. The van der Waals surface area contributed by atoms with Crippen LogP contribution >= 0.6 is 0 Å². The molecule has 3 heterocycles. The molecule has 1 aromatic heterocycles. The van der Waals surface area contributed by atoms with Gasteiger partial charge in [-0.05, 0) is 32.2 Å². The van der Waals surface area contributed by atoms with Crippen molar-refractivity contribution in [3.05, 3.63) is 18.1 Å². The van der Waals surface area contributed by atoms with Gasteiger partial charge in [-0.1, -0.05) is 0 Å². The molecule has 0 amide bonds. The SMILES string of the molecule is CN(C)c1cncc([C@H]2CCCN2C2CCN(S(C)(=O)=O)CC2)n1. The predicted octanol–water partition coefficient (Wildman–Crippen LogP) is 1.10. The van der Waals surface area contributed by atoms with Crippen molar-refractivity contribution < 1.29 is 8.42 Å². The predicted molar refractivity (Wildman–Crippen MR) is 94.5 cm³/mol. The van der Waals surface area contributed by atoms with Gasteiger partial charge in [-0.3, -0.25) is 9.88 Å². The molecule has 1 aromatic rings. The van der Waals surface area contributed by atoms with Gasteiger partial charge in [0.1, 0.15) is 5.82 Å².